The highest BCUT2D eigenvalue weighted by molar-refractivity contribution is 5.73. The van der Waals surface area contributed by atoms with E-state index in [1.165, 1.54) is 0 Å². The van der Waals surface area contributed by atoms with Crippen LogP contribution in [0.1, 0.15) is 17.5 Å². The summed E-state index contributed by atoms with van der Waals surface area (Å²) >= 11 is 0. The van der Waals surface area contributed by atoms with Gasteiger partial charge in [0.1, 0.15) is 23.6 Å². The van der Waals surface area contributed by atoms with Gasteiger partial charge in [0.25, 0.3) is 0 Å². The van der Waals surface area contributed by atoms with E-state index in [0.29, 0.717) is 31.1 Å². The molecule has 2 atom stereocenters. The van der Waals surface area contributed by atoms with Crippen molar-refractivity contribution in [1.82, 2.24) is 0 Å². The van der Waals surface area contributed by atoms with Gasteiger partial charge in [-0.1, -0.05) is 24.3 Å². The third kappa shape index (κ3) is 7.81. The molecular weight excluding hydrogens is 376 g/mol. The topological polar surface area (TPSA) is 145 Å². The van der Waals surface area contributed by atoms with Crippen LogP contribution in [-0.4, -0.2) is 47.4 Å². The molecular formula is C21H26N2O6. The molecule has 0 aliphatic heterocycles. The molecule has 0 amide bonds. The molecule has 156 valence electrons. The lowest BCUT2D eigenvalue weighted by Crippen LogP contribution is -2.32. The fraction of sp³-hybridized carbons (Fsp3) is 0.333. The summed E-state index contributed by atoms with van der Waals surface area (Å²) in [6, 6.07) is 12.5. The van der Waals surface area contributed by atoms with E-state index in [4.69, 9.17) is 31.2 Å². The van der Waals surface area contributed by atoms with Crippen LogP contribution in [0.25, 0.3) is 0 Å². The summed E-state index contributed by atoms with van der Waals surface area (Å²) in [4.78, 5) is 21.5. The van der Waals surface area contributed by atoms with Gasteiger partial charge in [-0.15, -0.1) is 0 Å². The summed E-state index contributed by atoms with van der Waals surface area (Å²) in [7, 11) is 0. The summed E-state index contributed by atoms with van der Waals surface area (Å²) in [5.41, 5.74) is 12.7. The predicted octanol–water partition coefficient (Wildman–Crippen LogP) is 1.44. The Kier molecular flexibility index (Phi) is 8.45. The molecule has 6 N–H and O–H groups in total. The van der Waals surface area contributed by atoms with Crippen LogP contribution in [0.15, 0.2) is 48.5 Å². The normalized spacial score (nSPS) is 12.8. The van der Waals surface area contributed by atoms with Gasteiger partial charge in [0.2, 0.25) is 0 Å². The van der Waals surface area contributed by atoms with Crippen molar-refractivity contribution in [1.29, 1.82) is 0 Å². The zero-order chi connectivity index (χ0) is 21.2. The number of hydrogen-bond donors (Lipinski definition) is 4. The van der Waals surface area contributed by atoms with Crippen molar-refractivity contribution in [3.05, 3.63) is 59.7 Å². The molecule has 0 fully saturated rings. The second-order valence-electron chi connectivity index (χ2n) is 6.64. The van der Waals surface area contributed by atoms with Crippen LogP contribution in [0.2, 0.25) is 0 Å². The molecule has 0 heterocycles. The molecule has 0 saturated carbocycles. The largest absolute Gasteiger partial charge is 0.493 e. The van der Waals surface area contributed by atoms with E-state index in [9.17, 15) is 9.59 Å². The average molecular weight is 402 g/mol. The Bertz CT molecular complexity index is 724. The summed E-state index contributed by atoms with van der Waals surface area (Å²) < 4.78 is 11.3. The van der Waals surface area contributed by atoms with Crippen LogP contribution in [-0.2, 0) is 22.4 Å². The van der Waals surface area contributed by atoms with E-state index < -0.39 is 24.0 Å². The molecule has 8 heteroatoms. The van der Waals surface area contributed by atoms with Gasteiger partial charge < -0.3 is 31.2 Å². The molecule has 0 spiro atoms. The Balaban J connectivity index is 1.66. The van der Waals surface area contributed by atoms with E-state index in [0.717, 1.165) is 11.1 Å². The third-order valence-electron chi connectivity index (χ3n) is 4.22. The van der Waals surface area contributed by atoms with Gasteiger partial charge >= 0.3 is 11.9 Å². The highest BCUT2D eigenvalue weighted by Crippen LogP contribution is 2.15. The number of nitrogens with two attached hydrogens (primary N) is 2. The van der Waals surface area contributed by atoms with Crippen molar-refractivity contribution in [3.63, 3.8) is 0 Å². The predicted molar refractivity (Wildman–Crippen MR) is 107 cm³/mol. The molecule has 0 aliphatic rings. The first-order valence-electron chi connectivity index (χ1n) is 9.25. The lowest BCUT2D eigenvalue weighted by atomic mass is 10.1. The van der Waals surface area contributed by atoms with Crippen molar-refractivity contribution in [2.75, 3.05) is 13.2 Å². The molecule has 0 bridgehead atoms. The van der Waals surface area contributed by atoms with Crippen molar-refractivity contribution >= 4 is 11.9 Å². The van der Waals surface area contributed by atoms with Gasteiger partial charge in [-0.3, -0.25) is 9.59 Å². The van der Waals surface area contributed by atoms with Crippen LogP contribution in [0, 0.1) is 0 Å². The Labute approximate surface area is 169 Å². The van der Waals surface area contributed by atoms with Crippen LogP contribution in [0.5, 0.6) is 11.5 Å². The van der Waals surface area contributed by atoms with Crippen molar-refractivity contribution < 1.29 is 29.3 Å². The Morgan fingerprint density at radius 2 is 1.07 bits per heavy atom. The van der Waals surface area contributed by atoms with Gasteiger partial charge in [0.05, 0.1) is 13.2 Å². The van der Waals surface area contributed by atoms with Gasteiger partial charge in [0, 0.05) is 6.42 Å². The Hall–Kier alpha value is -3.10. The highest BCUT2D eigenvalue weighted by atomic mass is 16.5. The number of carboxylic acids is 2. The van der Waals surface area contributed by atoms with E-state index in [1.54, 1.807) is 48.5 Å². The first-order valence-corrected chi connectivity index (χ1v) is 9.25. The number of benzene rings is 2. The monoisotopic (exact) mass is 402 g/mol. The maximum Gasteiger partial charge on any atom is 0.320 e. The molecule has 29 heavy (non-hydrogen) atoms. The highest BCUT2D eigenvalue weighted by Gasteiger charge is 2.12. The average Bonchev–Trinajstić information content (AvgIpc) is 2.70. The van der Waals surface area contributed by atoms with Gasteiger partial charge in [0.15, 0.2) is 0 Å². The van der Waals surface area contributed by atoms with Gasteiger partial charge in [-0.25, -0.2) is 0 Å². The van der Waals surface area contributed by atoms with Crippen molar-refractivity contribution in [2.45, 2.75) is 31.3 Å². The minimum atomic E-state index is -1.02. The summed E-state index contributed by atoms with van der Waals surface area (Å²) in [5.74, 6) is -0.666. The number of ether oxygens (including phenoxy) is 2. The lowest BCUT2D eigenvalue weighted by Gasteiger charge is -2.10. The minimum Gasteiger partial charge on any atom is -0.493 e. The molecule has 0 saturated heterocycles. The second-order valence-corrected chi connectivity index (χ2v) is 6.64. The van der Waals surface area contributed by atoms with Crippen molar-refractivity contribution in [3.8, 4) is 11.5 Å². The van der Waals surface area contributed by atoms with Gasteiger partial charge in [-0.05, 0) is 48.2 Å². The second kappa shape index (κ2) is 11.0. The van der Waals surface area contributed by atoms with E-state index in [-0.39, 0.29) is 12.8 Å². The molecule has 0 aliphatic carbocycles. The SMILES string of the molecule is NC(Cc1ccc(OCCCOc2ccc(CC(N)C(=O)O)cc2)cc1)C(=O)O. The standard InChI is InChI=1S/C21H26N2O6/c22-18(20(24)25)12-14-2-6-16(7-3-14)28-10-1-11-29-17-8-4-15(5-9-17)13-19(23)21(26)27/h2-9,18-19H,1,10-13,22-23H2,(H,24,25)(H,26,27). The molecule has 2 unspecified atom stereocenters. The number of hydrogen-bond acceptors (Lipinski definition) is 6. The molecule has 2 rings (SSSR count). The molecule has 2 aromatic carbocycles. The number of aliphatic carboxylic acids is 2. The smallest absolute Gasteiger partial charge is 0.320 e. The molecule has 0 aromatic heterocycles. The maximum atomic E-state index is 10.8. The zero-order valence-corrected chi connectivity index (χ0v) is 16.0. The third-order valence-corrected chi connectivity index (χ3v) is 4.22. The van der Waals surface area contributed by atoms with Crippen molar-refractivity contribution in [2.24, 2.45) is 11.5 Å². The minimum absolute atomic E-state index is 0.268. The van der Waals surface area contributed by atoms with Crippen LogP contribution in [0.3, 0.4) is 0 Å². The maximum absolute atomic E-state index is 10.8. The Morgan fingerprint density at radius 1 is 0.724 bits per heavy atom. The number of carbonyl (C=O) groups is 2. The lowest BCUT2D eigenvalue weighted by molar-refractivity contribution is -0.139. The van der Waals surface area contributed by atoms with Crippen LogP contribution < -0.4 is 20.9 Å². The van der Waals surface area contributed by atoms with Crippen LogP contribution >= 0.6 is 0 Å². The summed E-state index contributed by atoms with van der Waals surface area (Å²) in [6.45, 7) is 0.944. The quantitative estimate of drug-likeness (QED) is 0.390. The molecule has 2 aromatic rings. The summed E-state index contributed by atoms with van der Waals surface area (Å²) in [6.07, 6.45) is 1.21. The number of carboxylic acid groups (broad SMARTS) is 2. The first kappa shape index (κ1) is 22.2. The zero-order valence-electron chi connectivity index (χ0n) is 16.0. The molecule has 0 radical (unpaired) electrons. The number of rotatable bonds is 12. The Morgan fingerprint density at radius 3 is 1.38 bits per heavy atom. The first-order chi connectivity index (χ1) is 13.8. The van der Waals surface area contributed by atoms with E-state index in [1.807, 2.05) is 0 Å². The fourth-order valence-corrected chi connectivity index (χ4v) is 2.56. The van der Waals surface area contributed by atoms with Crippen LogP contribution in [0.4, 0.5) is 0 Å². The fourth-order valence-electron chi connectivity index (χ4n) is 2.56. The molecule has 8 nitrogen and oxygen atoms in total. The van der Waals surface area contributed by atoms with Gasteiger partial charge in [-0.2, -0.15) is 0 Å². The van der Waals surface area contributed by atoms with E-state index >= 15 is 0 Å². The summed E-state index contributed by atoms with van der Waals surface area (Å²) in [5, 5.41) is 17.7. The van der Waals surface area contributed by atoms with E-state index in [2.05, 4.69) is 0 Å².